The second-order valence-corrected chi connectivity index (χ2v) is 5.48. The molecule has 2 aliphatic rings. The highest BCUT2D eigenvalue weighted by Gasteiger charge is 2.29. The first kappa shape index (κ1) is 10.6. The SMILES string of the molecule is Clc1ccc2c(c1)C(C1CCCN1)CCC2. The number of benzene rings is 1. The smallest absolute Gasteiger partial charge is 0.0409 e. The summed E-state index contributed by atoms with van der Waals surface area (Å²) in [6.07, 6.45) is 6.55. The number of hydrogen-bond acceptors (Lipinski definition) is 1. The van der Waals surface area contributed by atoms with Crippen molar-refractivity contribution in [3.63, 3.8) is 0 Å². The van der Waals surface area contributed by atoms with Crippen LogP contribution in [0.4, 0.5) is 0 Å². The molecule has 3 rings (SSSR count). The molecule has 0 radical (unpaired) electrons. The maximum atomic E-state index is 6.13. The molecule has 1 aromatic rings. The van der Waals surface area contributed by atoms with Gasteiger partial charge in [-0.1, -0.05) is 17.7 Å². The van der Waals surface area contributed by atoms with E-state index < -0.39 is 0 Å². The number of rotatable bonds is 1. The molecule has 2 unspecified atom stereocenters. The summed E-state index contributed by atoms with van der Waals surface area (Å²) in [7, 11) is 0. The second-order valence-electron chi connectivity index (χ2n) is 5.04. The third kappa shape index (κ3) is 1.87. The lowest BCUT2D eigenvalue weighted by molar-refractivity contribution is 0.432. The third-order valence-electron chi connectivity index (χ3n) is 4.05. The Morgan fingerprint density at radius 3 is 2.94 bits per heavy atom. The molecule has 16 heavy (non-hydrogen) atoms. The van der Waals surface area contributed by atoms with Crippen LogP contribution in [-0.4, -0.2) is 12.6 Å². The Balaban J connectivity index is 1.94. The Morgan fingerprint density at radius 1 is 1.19 bits per heavy atom. The average Bonchev–Trinajstić information content (AvgIpc) is 2.81. The summed E-state index contributed by atoms with van der Waals surface area (Å²) in [4.78, 5) is 0. The largest absolute Gasteiger partial charge is 0.313 e. The van der Waals surface area contributed by atoms with Gasteiger partial charge in [-0.25, -0.2) is 0 Å². The van der Waals surface area contributed by atoms with Crippen LogP contribution in [-0.2, 0) is 6.42 Å². The highest BCUT2D eigenvalue weighted by atomic mass is 35.5. The van der Waals surface area contributed by atoms with Gasteiger partial charge in [0.15, 0.2) is 0 Å². The summed E-state index contributed by atoms with van der Waals surface area (Å²) in [5.74, 6) is 0.699. The number of halogens is 1. The van der Waals surface area contributed by atoms with Gasteiger partial charge < -0.3 is 5.32 Å². The molecule has 1 N–H and O–H groups in total. The third-order valence-corrected chi connectivity index (χ3v) is 4.29. The van der Waals surface area contributed by atoms with Crippen molar-refractivity contribution in [1.82, 2.24) is 5.32 Å². The molecular formula is C14H18ClN. The van der Waals surface area contributed by atoms with Gasteiger partial charge in [-0.3, -0.25) is 0 Å². The van der Waals surface area contributed by atoms with Gasteiger partial charge in [-0.15, -0.1) is 0 Å². The minimum atomic E-state index is 0.692. The lowest BCUT2D eigenvalue weighted by Crippen LogP contribution is -2.31. The summed E-state index contributed by atoms with van der Waals surface area (Å²) >= 11 is 6.13. The molecule has 1 fully saturated rings. The van der Waals surface area contributed by atoms with Crippen molar-refractivity contribution in [2.75, 3.05) is 6.54 Å². The molecule has 1 aliphatic heterocycles. The lowest BCUT2D eigenvalue weighted by atomic mass is 9.78. The number of fused-ring (bicyclic) bond motifs is 1. The van der Waals surface area contributed by atoms with Crippen LogP contribution in [0.3, 0.4) is 0 Å². The Bertz CT molecular complexity index is 382. The van der Waals surface area contributed by atoms with Crippen molar-refractivity contribution in [3.8, 4) is 0 Å². The van der Waals surface area contributed by atoms with Crippen LogP contribution >= 0.6 is 11.6 Å². The van der Waals surface area contributed by atoms with Gasteiger partial charge in [-0.05, 0) is 67.8 Å². The van der Waals surface area contributed by atoms with Crippen molar-refractivity contribution >= 4 is 11.6 Å². The van der Waals surface area contributed by atoms with E-state index in [1.807, 2.05) is 6.07 Å². The summed E-state index contributed by atoms with van der Waals surface area (Å²) < 4.78 is 0. The van der Waals surface area contributed by atoms with Crippen LogP contribution in [0.2, 0.25) is 5.02 Å². The molecule has 2 heteroatoms. The van der Waals surface area contributed by atoms with Crippen molar-refractivity contribution in [2.45, 2.75) is 44.1 Å². The topological polar surface area (TPSA) is 12.0 Å². The second kappa shape index (κ2) is 4.38. The van der Waals surface area contributed by atoms with Crippen molar-refractivity contribution in [2.24, 2.45) is 0 Å². The van der Waals surface area contributed by atoms with Crippen LogP contribution in [0, 0.1) is 0 Å². The van der Waals surface area contributed by atoms with Gasteiger partial charge >= 0.3 is 0 Å². The van der Waals surface area contributed by atoms with Gasteiger partial charge in [0.1, 0.15) is 0 Å². The predicted octanol–water partition coefficient (Wildman–Crippen LogP) is 3.51. The van der Waals surface area contributed by atoms with E-state index in [4.69, 9.17) is 11.6 Å². The maximum absolute atomic E-state index is 6.13. The Hall–Kier alpha value is -0.530. The molecule has 1 heterocycles. The van der Waals surface area contributed by atoms with Crippen LogP contribution in [0.1, 0.15) is 42.7 Å². The normalized spacial score (nSPS) is 29.1. The number of nitrogens with one attached hydrogen (secondary N) is 1. The fraction of sp³-hybridized carbons (Fsp3) is 0.571. The molecule has 0 amide bonds. The minimum Gasteiger partial charge on any atom is -0.313 e. The first-order valence-electron chi connectivity index (χ1n) is 6.36. The zero-order chi connectivity index (χ0) is 11.0. The highest BCUT2D eigenvalue weighted by Crippen LogP contribution is 2.37. The predicted molar refractivity (Wildman–Crippen MR) is 68.2 cm³/mol. The first-order valence-corrected chi connectivity index (χ1v) is 6.74. The molecule has 0 bridgehead atoms. The van der Waals surface area contributed by atoms with Crippen molar-refractivity contribution < 1.29 is 0 Å². The van der Waals surface area contributed by atoms with E-state index in [2.05, 4.69) is 17.4 Å². The lowest BCUT2D eigenvalue weighted by Gasteiger charge is -2.30. The summed E-state index contributed by atoms with van der Waals surface area (Å²) in [6.45, 7) is 1.19. The molecule has 1 aromatic carbocycles. The zero-order valence-corrected chi connectivity index (χ0v) is 10.3. The van der Waals surface area contributed by atoms with E-state index in [1.165, 1.54) is 49.8 Å². The Kier molecular flexibility index (Phi) is 2.91. The quantitative estimate of drug-likeness (QED) is 0.786. The van der Waals surface area contributed by atoms with Crippen LogP contribution in [0.15, 0.2) is 18.2 Å². The Labute approximate surface area is 102 Å². The van der Waals surface area contributed by atoms with Crippen LogP contribution in [0.5, 0.6) is 0 Å². The fourth-order valence-corrected chi connectivity index (χ4v) is 3.46. The van der Waals surface area contributed by atoms with Crippen LogP contribution in [0.25, 0.3) is 0 Å². The molecule has 0 aromatic heterocycles. The Morgan fingerprint density at radius 2 is 2.12 bits per heavy atom. The van der Waals surface area contributed by atoms with Crippen molar-refractivity contribution in [1.29, 1.82) is 0 Å². The van der Waals surface area contributed by atoms with E-state index in [0.717, 1.165) is 5.02 Å². The van der Waals surface area contributed by atoms with E-state index in [9.17, 15) is 0 Å². The monoisotopic (exact) mass is 235 g/mol. The van der Waals surface area contributed by atoms with Gasteiger partial charge in [0.05, 0.1) is 0 Å². The summed E-state index contributed by atoms with van der Waals surface area (Å²) in [6, 6.07) is 7.14. The molecule has 1 nitrogen and oxygen atoms in total. The number of aryl methyl sites for hydroxylation is 1. The molecule has 0 spiro atoms. The van der Waals surface area contributed by atoms with E-state index in [-0.39, 0.29) is 0 Å². The minimum absolute atomic E-state index is 0.692. The molecule has 1 saturated heterocycles. The average molecular weight is 236 g/mol. The standard InChI is InChI=1S/C14H18ClN/c15-11-7-6-10-3-1-4-12(13(10)9-11)14-5-2-8-16-14/h6-7,9,12,14,16H,1-5,8H2. The first-order chi connectivity index (χ1) is 7.84. The molecule has 0 saturated carbocycles. The molecule has 2 atom stereocenters. The highest BCUT2D eigenvalue weighted by molar-refractivity contribution is 6.30. The maximum Gasteiger partial charge on any atom is 0.0409 e. The van der Waals surface area contributed by atoms with Crippen LogP contribution < -0.4 is 5.32 Å². The van der Waals surface area contributed by atoms with Gasteiger partial charge in [0.25, 0.3) is 0 Å². The van der Waals surface area contributed by atoms with E-state index in [1.54, 1.807) is 0 Å². The molecule has 1 aliphatic carbocycles. The molecule has 86 valence electrons. The van der Waals surface area contributed by atoms with Gasteiger partial charge in [0, 0.05) is 11.1 Å². The van der Waals surface area contributed by atoms with Gasteiger partial charge in [-0.2, -0.15) is 0 Å². The summed E-state index contributed by atoms with van der Waals surface area (Å²) in [5.41, 5.74) is 3.03. The number of hydrogen-bond donors (Lipinski definition) is 1. The van der Waals surface area contributed by atoms with E-state index >= 15 is 0 Å². The van der Waals surface area contributed by atoms with Crippen molar-refractivity contribution in [3.05, 3.63) is 34.3 Å². The zero-order valence-electron chi connectivity index (χ0n) is 9.51. The fourth-order valence-electron chi connectivity index (χ4n) is 3.28. The summed E-state index contributed by atoms with van der Waals surface area (Å²) in [5, 5.41) is 4.54. The van der Waals surface area contributed by atoms with Gasteiger partial charge in [0.2, 0.25) is 0 Å². The van der Waals surface area contributed by atoms with E-state index in [0.29, 0.717) is 12.0 Å². The molecular weight excluding hydrogens is 218 g/mol.